The van der Waals surface area contributed by atoms with Gasteiger partial charge in [0.05, 0.1) is 25.9 Å². The van der Waals surface area contributed by atoms with Crippen molar-refractivity contribution in [3.8, 4) is 11.5 Å². The van der Waals surface area contributed by atoms with Crippen molar-refractivity contribution in [1.29, 1.82) is 0 Å². The van der Waals surface area contributed by atoms with Crippen LogP contribution in [0.4, 0.5) is 10.5 Å². The second-order valence-electron chi connectivity index (χ2n) is 7.59. The second-order valence-corrected chi connectivity index (χ2v) is 9.57. The fourth-order valence-corrected chi connectivity index (χ4v) is 4.60. The van der Waals surface area contributed by atoms with E-state index in [4.69, 9.17) is 32.7 Å². The molecule has 0 aromatic heterocycles. The highest BCUT2D eigenvalue weighted by Crippen LogP contribution is 2.36. The van der Waals surface area contributed by atoms with Gasteiger partial charge in [0.15, 0.2) is 11.5 Å². The lowest BCUT2D eigenvalue weighted by atomic mass is 10.1. The summed E-state index contributed by atoms with van der Waals surface area (Å²) in [7, 11) is 0. The third-order valence-electron chi connectivity index (χ3n) is 5.13. The van der Waals surface area contributed by atoms with Crippen LogP contribution in [0, 0.1) is 3.57 Å². The number of rotatable bonds is 7. The number of hydrogen-bond acceptors (Lipinski definition) is 5. The Morgan fingerprint density at radius 2 is 1.72 bits per heavy atom. The minimum Gasteiger partial charge on any atom is -0.490 e. The maximum absolute atomic E-state index is 13.1. The van der Waals surface area contributed by atoms with Crippen LogP contribution in [-0.4, -0.2) is 24.5 Å². The number of benzene rings is 3. The first-order chi connectivity index (χ1) is 17.3. The fourth-order valence-electron chi connectivity index (χ4n) is 3.49. The van der Waals surface area contributed by atoms with Crippen LogP contribution in [0.3, 0.4) is 0 Å². The molecule has 0 radical (unpaired) electrons. The molecular formula is C26H19Cl2IN2O5. The van der Waals surface area contributed by atoms with Gasteiger partial charge < -0.3 is 9.47 Å². The standard InChI is InChI=1S/C26H19Cl2IN2O5/c1-2-35-22-13-16(12-21(29)23(22)36-14-15-8-9-19(27)20(28)11-15)10-18-24(32)30-26(34)31(25(18)33)17-6-4-3-5-7-17/h3-13H,2,14H2,1H3,(H,30,32,34)/b18-10+. The number of carbonyl (C=O) groups is 3. The molecule has 1 heterocycles. The van der Waals surface area contributed by atoms with Crippen LogP contribution >= 0.6 is 45.8 Å². The van der Waals surface area contributed by atoms with Crippen molar-refractivity contribution in [1.82, 2.24) is 5.32 Å². The Labute approximate surface area is 231 Å². The number of halogens is 3. The summed E-state index contributed by atoms with van der Waals surface area (Å²) in [6.45, 7) is 2.43. The Bertz CT molecular complexity index is 1380. The van der Waals surface area contributed by atoms with E-state index in [2.05, 4.69) is 27.9 Å². The number of ether oxygens (including phenoxy) is 2. The van der Waals surface area contributed by atoms with Gasteiger partial charge in [0.2, 0.25) is 0 Å². The molecule has 0 unspecified atom stereocenters. The van der Waals surface area contributed by atoms with Crippen molar-refractivity contribution in [2.24, 2.45) is 0 Å². The predicted molar refractivity (Wildman–Crippen MR) is 147 cm³/mol. The first-order valence-electron chi connectivity index (χ1n) is 10.8. The van der Waals surface area contributed by atoms with Gasteiger partial charge in [-0.2, -0.15) is 0 Å². The number of carbonyl (C=O) groups excluding carboxylic acids is 3. The van der Waals surface area contributed by atoms with Gasteiger partial charge in [-0.05, 0) is 83.1 Å². The minimum absolute atomic E-state index is 0.179. The van der Waals surface area contributed by atoms with Crippen LogP contribution in [0.5, 0.6) is 11.5 Å². The van der Waals surface area contributed by atoms with Gasteiger partial charge in [-0.25, -0.2) is 9.69 Å². The Hall–Kier alpha value is -3.08. The third-order valence-corrected chi connectivity index (χ3v) is 6.67. The van der Waals surface area contributed by atoms with E-state index in [1.807, 2.05) is 13.0 Å². The zero-order valence-electron chi connectivity index (χ0n) is 18.9. The maximum atomic E-state index is 13.1. The van der Waals surface area contributed by atoms with Crippen LogP contribution < -0.4 is 19.7 Å². The molecule has 4 rings (SSSR count). The molecule has 1 aliphatic heterocycles. The van der Waals surface area contributed by atoms with E-state index < -0.39 is 17.8 Å². The van der Waals surface area contributed by atoms with Gasteiger partial charge >= 0.3 is 6.03 Å². The third kappa shape index (κ3) is 5.66. The van der Waals surface area contributed by atoms with E-state index in [1.54, 1.807) is 54.6 Å². The van der Waals surface area contributed by atoms with Crippen molar-refractivity contribution in [2.75, 3.05) is 11.5 Å². The quantitative estimate of drug-likeness (QED) is 0.189. The Morgan fingerprint density at radius 1 is 0.972 bits per heavy atom. The lowest BCUT2D eigenvalue weighted by Crippen LogP contribution is -2.54. The van der Waals surface area contributed by atoms with Crippen molar-refractivity contribution in [3.05, 3.63) is 91.0 Å². The summed E-state index contributed by atoms with van der Waals surface area (Å²) >= 11 is 14.2. The van der Waals surface area contributed by atoms with Gasteiger partial charge in [0.1, 0.15) is 12.2 Å². The van der Waals surface area contributed by atoms with Crippen LogP contribution in [0.2, 0.25) is 10.0 Å². The topological polar surface area (TPSA) is 84.9 Å². The van der Waals surface area contributed by atoms with Crippen LogP contribution in [0.15, 0.2) is 66.2 Å². The molecule has 0 atom stereocenters. The number of anilines is 1. The molecule has 10 heteroatoms. The molecule has 0 aliphatic carbocycles. The number of barbiturate groups is 1. The van der Waals surface area contributed by atoms with E-state index in [0.717, 1.165) is 10.5 Å². The predicted octanol–water partition coefficient (Wildman–Crippen LogP) is 6.24. The second kappa shape index (κ2) is 11.3. The van der Waals surface area contributed by atoms with Crippen molar-refractivity contribution >= 4 is 75.4 Å². The summed E-state index contributed by atoms with van der Waals surface area (Å²) < 4.78 is 12.5. The van der Waals surface area contributed by atoms with Crippen LogP contribution in [-0.2, 0) is 16.2 Å². The van der Waals surface area contributed by atoms with Gasteiger partial charge in [-0.15, -0.1) is 0 Å². The summed E-state index contributed by atoms with van der Waals surface area (Å²) in [6, 6.07) is 16.2. The summed E-state index contributed by atoms with van der Waals surface area (Å²) in [5.41, 5.74) is 1.53. The van der Waals surface area contributed by atoms with E-state index >= 15 is 0 Å². The summed E-state index contributed by atoms with van der Waals surface area (Å²) in [6.07, 6.45) is 1.42. The zero-order chi connectivity index (χ0) is 25.8. The molecular weight excluding hydrogens is 618 g/mol. The molecule has 4 amide bonds. The summed E-state index contributed by atoms with van der Waals surface area (Å²) in [5.74, 6) is -0.546. The highest BCUT2D eigenvalue weighted by Gasteiger charge is 2.36. The summed E-state index contributed by atoms with van der Waals surface area (Å²) in [4.78, 5) is 39.0. The molecule has 0 bridgehead atoms. The molecule has 1 aliphatic rings. The lowest BCUT2D eigenvalue weighted by molar-refractivity contribution is -0.122. The zero-order valence-corrected chi connectivity index (χ0v) is 22.6. The number of para-hydroxylation sites is 1. The highest BCUT2D eigenvalue weighted by molar-refractivity contribution is 14.1. The monoisotopic (exact) mass is 636 g/mol. The fraction of sp³-hybridized carbons (Fsp3) is 0.115. The molecule has 1 N–H and O–H groups in total. The van der Waals surface area contributed by atoms with Crippen LogP contribution in [0.1, 0.15) is 18.1 Å². The SMILES string of the molecule is CCOc1cc(/C=C2\C(=O)NC(=O)N(c3ccccc3)C2=O)cc(I)c1OCc1ccc(Cl)c(Cl)c1. The normalized spacial score (nSPS) is 14.7. The Kier molecular flexibility index (Phi) is 8.17. The molecule has 36 heavy (non-hydrogen) atoms. The van der Waals surface area contributed by atoms with Gasteiger partial charge in [-0.3, -0.25) is 14.9 Å². The van der Waals surface area contributed by atoms with Gasteiger partial charge in [-0.1, -0.05) is 47.5 Å². The number of nitrogens with zero attached hydrogens (tertiary/aromatic N) is 1. The number of hydrogen-bond donors (Lipinski definition) is 1. The highest BCUT2D eigenvalue weighted by atomic mass is 127. The largest absolute Gasteiger partial charge is 0.490 e. The lowest BCUT2D eigenvalue weighted by Gasteiger charge is -2.26. The molecule has 3 aromatic carbocycles. The number of imide groups is 2. The smallest absolute Gasteiger partial charge is 0.335 e. The first-order valence-corrected chi connectivity index (χ1v) is 12.6. The average Bonchev–Trinajstić information content (AvgIpc) is 2.84. The van der Waals surface area contributed by atoms with E-state index in [9.17, 15) is 14.4 Å². The molecule has 0 spiro atoms. The van der Waals surface area contributed by atoms with E-state index in [-0.39, 0.29) is 12.2 Å². The molecule has 184 valence electrons. The molecule has 1 fully saturated rings. The maximum Gasteiger partial charge on any atom is 0.335 e. The van der Waals surface area contributed by atoms with Crippen LogP contribution in [0.25, 0.3) is 6.08 Å². The first kappa shape index (κ1) is 26.0. The van der Waals surface area contributed by atoms with Gasteiger partial charge in [0, 0.05) is 0 Å². The Balaban J connectivity index is 1.65. The molecule has 1 saturated heterocycles. The van der Waals surface area contributed by atoms with Crippen molar-refractivity contribution < 1.29 is 23.9 Å². The average molecular weight is 637 g/mol. The number of amides is 4. The Morgan fingerprint density at radius 3 is 2.42 bits per heavy atom. The summed E-state index contributed by atoms with van der Waals surface area (Å²) in [5, 5.41) is 3.11. The van der Waals surface area contributed by atoms with E-state index in [1.165, 1.54) is 6.08 Å². The number of nitrogens with one attached hydrogen (secondary N) is 1. The van der Waals surface area contributed by atoms with Crippen molar-refractivity contribution in [3.63, 3.8) is 0 Å². The molecule has 3 aromatic rings. The number of urea groups is 1. The van der Waals surface area contributed by atoms with E-state index in [0.29, 0.717) is 43.0 Å². The van der Waals surface area contributed by atoms with Gasteiger partial charge in [0.25, 0.3) is 11.8 Å². The molecule has 7 nitrogen and oxygen atoms in total. The molecule has 0 saturated carbocycles. The van der Waals surface area contributed by atoms with Crippen molar-refractivity contribution in [2.45, 2.75) is 13.5 Å². The minimum atomic E-state index is -0.802.